The lowest BCUT2D eigenvalue weighted by Gasteiger charge is -1.95. The molecule has 0 atom stereocenters. The molecule has 0 N–H and O–H groups in total. The molecule has 2 aromatic heterocycles. The van der Waals surface area contributed by atoms with E-state index in [9.17, 15) is 10.1 Å². The molecule has 3 rings (SSSR count). The molecule has 0 saturated carbocycles. The minimum absolute atomic E-state index is 0.0114. The van der Waals surface area contributed by atoms with Gasteiger partial charge >= 0.3 is 0 Å². The molecule has 0 bridgehead atoms. The third-order valence-corrected chi connectivity index (χ3v) is 3.74. The number of nitrogens with zero attached hydrogens (tertiary/aromatic N) is 3. The summed E-state index contributed by atoms with van der Waals surface area (Å²) in [4.78, 5) is 14.5. The van der Waals surface area contributed by atoms with E-state index in [0.717, 1.165) is 5.56 Å². The third-order valence-electron chi connectivity index (χ3n) is 2.78. The fraction of sp³-hybridized carbons (Fsp3) is 0. The van der Waals surface area contributed by atoms with Gasteiger partial charge in [0.15, 0.2) is 0 Å². The number of halogens is 1. The Balaban J connectivity index is 1.89. The van der Waals surface area contributed by atoms with E-state index in [2.05, 4.69) is 10.1 Å². The van der Waals surface area contributed by atoms with Crippen LogP contribution >= 0.6 is 22.9 Å². The molecule has 22 heavy (non-hydrogen) atoms. The van der Waals surface area contributed by atoms with Gasteiger partial charge in [0, 0.05) is 23.1 Å². The smallest absolute Gasteiger partial charge is 0.270 e. The molecule has 0 aliphatic heterocycles. The molecule has 1 aromatic carbocycles. The highest BCUT2D eigenvalue weighted by Gasteiger charge is 2.12. The summed E-state index contributed by atoms with van der Waals surface area (Å²) in [6.07, 6.45) is 1.54. The van der Waals surface area contributed by atoms with Crippen LogP contribution in [0.15, 0.2) is 45.6 Å². The number of nitro benzene ring substituents is 1. The first-order chi connectivity index (χ1) is 10.6. The molecule has 110 valence electrons. The lowest BCUT2D eigenvalue weighted by atomic mass is 10.2. The second kappa shape index (κ2) is 6.08. The van der Waals surface area contributed by atoms with E-state index >= 15 is 0 Å². The predicted molar refractivity (Wildman–Crippen MR) is 84.4 cm³/mol. The average molecular weight is 334 g/mol. The van der Waals surface area contributed by atoms with Crippen LogP contribution < -0.4 is 0 Å². The van der Waals surface area contributed by atoms with Crippen molar-refractivity contribution in [3.8, 4) is 11.4 Å². The van der Waals surface area contributed by atoms with Gasteiger partial charge in [-0.1, -0.05) is 28.9 Å². The minimum atomic E-state index is -0.466. The summed E-state index contributed by atoms with van der Waals surface area (Å²) in [5, 5.41) is 18.6. The summed E-state index contributed by atoms with van der Waals surface area (Å²) in [7, 11) is 0. The monoisotopic (exact) mass is 333 g/mol. The molecule has 0 aliphatic rings. The maximum absolute atomic E-state index is 10.8. The van der Waals surface area contributed by atoms with Crippen LogP contribution in [0.4, 0.5) is 5.69 Å². The summed E-state index contributed by atoms with van der Waals surface area (Å²) in [6, 6.07) is 7.98. The van der Waals surface area contributed by atoms with Gasteiger partial charge in [0.05, 0.1) is 4.92 Å². The lowest BCUT2D eigenvalue weighted by Crippen LogP contribution is -1.87. The summed E-state index contributed by atoms with van der Waals surface area (Å²) in [5.74, 6) is 0.608. The molecule has 0 fully saturated rings. The van der Waals surface area contributed by atoms with Gasteiger partial charge < -0.3 is 4.52 Å². The van der Waals surface area contributed by atoms with E-state index < -0.39 is 4.92 Å². The Morgan fingerprint density at radius 1 is 1.41 bits per heavy atom. The van der Waals surface area contributed by atoms with Crippen molar-refractivity contribution < 1.29 is 9.45 Å². The van der Waals surface area contributed by atoms with Crippen molar-refractivity contribution in [1.29, 1.82) is 0 Å². The Morgan fingerprint density at radius 2 is 2.27 bits per heavy atom. The average Bonchev–Trinajstić information content (AvgIpc) is 3.18. The highest BCUT2D eigenvalue weighted by atomic mass is 35.5. The van der Waals surface area contributed by atoms with Gasteiger partial charge in [-0.25, -0.2) is 0 Å². The van der Waals surface area contributed by atoms with Crippen LogP contribution in [0.1, 0.15) is 11.5 Å². The molecule has 8 heteroatoms. The van der Waals surface area contributed by atoms with E-state index in [1.54, 1.807) is 18.2 Å². The quantitative estimate of drug-likeness (QED) is 0.520. The molecular weight excluding hydrogens is 326 g/mol. The Labute approximate surface area is 133 Å². The first kappa shape index (κ1) is 14.4. The van der Waals surface area contributed by atoms with Crippen LogP contribution in [0.3, 0.4) is 0 Å². The summed E-state index contributed by atoms with van der Waals surface area (Å²) < 4.78 is 5.11. The first-order valence-corrected chi connectivity index (χ1v) is 7.44. The topological polar surface area (TPSA) is 82.1 Å². The van der Waals surface area contributed by atoms with Crippen molar-refractivity contribution in [3.63, 3.8) is 0 Å². The Bertz CT molecular complexity index is 843. The number of aromatic nitrogens is 2. The summed E-state index contributed by atoms with van der Waals surface area (Å²) in [5.41, 5.74) is 1.41. The van der Waals surface area contributed by atoms with E-state index in [0.29, 0.717) is 11.4 Å². The Morgan fingerprint density at radius 3 is 3.00 bits per heavy atom. The molecule has 0 amide bonds. The molecule has 0 spiro atoms. The maximum Gasteiger partial charge on any atom is 0.270 e. The number of rotatable bonds is 4. The number of hydrogen-bond donors (Lipinski definition) is 0. The standard InChI is InChI=1S/C14H8ClN3O3S/c15-12(7-9-2-1-3-11(6-9)18(19)20)14-16-13(17-21-14)10-4-5-22-8-10/h1-8H. The molecule has 0 aliphatic carbocycles. The van der Waals surface area contributed by atoms with E-state index in [1.165, 1.54) is 23.5 Å². The number of nitro groups is 1. The van der Waals surface area contributed by atoms with Gasteiger partial charge in [0.25, 0.3) is 11.6 Å². The predicted octanol–water partition coefficient (Wildman–Crippen LogP) is 4.44. The normalized spacial score (nSPS) is 11.6. The van der Waals surface area contributed by atoms with Crippen LogP contribution in [0.5, 0.6) is 0 Å². The molecule has 0 radical (unpaired) electrons. The van der Waals surface area contributed by atoms with Gasteiger partial charge in [-0.05, 0) is 23.1 Å². The number of benzene rings is 1. The van der Waals surface area contributed by atoms with Crippen molar-refractivity contribution in [2.75, 3.05) is 0 Å². The second-order valence-electron chi connectivity index (χ2n) is 4.28. The van der Waals surface area contributed by atoms with Crippen molar-refractivity contribution in [3.05, 3.63) is 62.7 Å². The largest absolute Gasteiger partial charge is 0.333 e. The fourth-order valence-electron chi connectivity index (χ4n) is 1.77. The van der Waals surface area contributed by atoms with E-state index in [-0.39, 0.29) is 16.6 Å². The Hall–Kier alpha value is -2.51. The number of thiophene rings is 1. The van der Waals surface area contributed by atoms with Gasteiger partial charge in [-0.2, -0.15) is 16.3 Å². The van der Waals surface area contributed by atoms with Crippen molar-refractivity contribution in [1.82, 2.24) is 10.1 Å². The zero-order valence-corrected chi connectivity index (χ0v) is 12.5. The number of non-ortho nitro benzene ring substituents is 1. The van der Waals surface area contributed by atoms with E-state index in [4.69, 9.17) is 16.1 Å². The van der Waals surface area contributed by atoms with Gasteiger partial charge in [-0.15, -0.1) is 0 Å². The lowest BCUT2D eigenvalue weighted by molar-refractivity contribution is -0.384. The summed E-state index contributed by atoms with van der Waals surface area (Å²) >= 11 is 7.67. The third kappa shape index (κ3) is 3.05. The fourth-order valence-corrected chi connectivity index (χ4v) is 2.60. The van der Waals surface area contributed by atoms with Crippen LogP contribution in [0.25, 0.3) is 22.5 Å². The van der Waals surface area contributed by atoms with Crippen molar-refractivity contribution in [2.45, 2.75) is 0 Å². The van der Waals surface area contributed by atoms with Crippen LogP contribution in [0, 0.1) is 10.1 Å². The maximum atomic E-state index is 10.8. The van der Waals surface area contributed by atoms with Crippen LogP contribution in [-0.4, -0.2) is 15.1 Å². The molecular formula is C14H8ClN3O3S. The molecule has 0 saturated heterocycles. The Kier molecular flexibility index (Phi) is 3.99. The summed E-state index contributed by atoms with van der Waals surface area (Å²) in [6.45, 7) is 0. The van der Waals surface area contributed by atoms with Gasteiger partial charge in [0.1, 0.15) is 5.03 Å². The van der Waals surface area contributed by atoms with Crippen molar-refractivity contribution in [2.24, 2.45) is 0 Å². The first-order valence-electron chi connectivity index (χ1n) is 6.12. The van der Waals surface area contributed by atoms with Gasteiger partial charge in [0.2, 0.25) is 5.82 Å². The van der Waals surface area contributed by atoms with Crippen LogP contribution in [-0.2, 0) is 0 Å². The SMILES string of the molecule is O=[N+]([O-])c1cccc(C=C(Cl)c2nc(-c3ccsc3)no2)c1. The van der Waals surface area contributed by atoms with Gasteiger partial charge in [-0.3, -0.25) is 10.1 Å². The van der Waals surface area contributed by atoms with Crippen molar-refractivity contribution >= 4 is 39.7 Å². The zero-order chi connectivity index (χ0) is 15.5. The highest BCUT2D eigenvalue weighted by molar-refractivity contribution is 7.08. The zero-order valence-electron chi connectivity index (χ0n) is 11.0. The number of hydrogen-bond acceptors (Lipinski definition) is 6. The highest BCUT2D eigenvalue weighted by Crippen LogP contribution is 2.25. The van der Waals surface area contributed by atoms with Crippen LogP contribution in [0.2, 0.25) is 0 Å². The molecule has 2 heterocycles. The molecule has 6 nitrogen and oxygen atoms in total. The molecule has 0 unspecified atom stereocenters. The second-order valence-corrected chi connectivity index (χ2v) is 5.47. The van der Waals surface area contributed by atoms with E-state index in [1.807, 2.05) is 16.8 Å². The molecule has 3 aromatic rings. The minimum Gasteiger partial charge on any atom is -0.333 e.